The van der Waals surface area contributed by atoms with Crippen LogP contribution in [0.15, 0.2) is 0 Å². The fourth-order valence-corrected chi connectivity index (χ4v) is 2.58. The predicted octanol–water partition coefficient (Wildman–Crippen LogP) is 0.204. The van der Waals surface area contributed by atoms with Crippen LogP contribution in [0.3, 0.4) is 0 Å². The van der Waals surface area contributed by atoms with Gasteiger partial charge in [0.1, 0.15) is 6.04 Å². The molecule has 0 aromatic rings. The molecular formula is C11H18N2O3. The Bertz CT molecular complexity index is 287. The summed E-state index contributed by atoms with van der Waals surface area (Å²) in [6.45, 7) is 1.57. The molecule has 0 aromatic carbocycles. The number of carboxylic acids is 1. The fraction of sp³-hybridized carbons (Fsp3) is 0.818. The number of carboxylic acid groups (broad SMARTS) is 1. The van der Waals surface area contributed by atoms with Crippen LogP contribution in [0.2, 0.25) is 0 Å². The van der Waals surface area contributed by atoms with Crippen molar-refractivity contribution in [3.05, 3.63) is 0 Å². The lowest BCUT2D eigenvalue weighted by Gasteiger charge is -2.23. The molecule has 2 aliphatic heterocycles. The molecule has 2 rings (SSSR count). The van der Waals surface area contributed by atoms with E-state index < -0.39 is 12.0 Å². The minimum Gasteiger partial charge on any atom is -0.480 e. The highest BCUT2D eigenvalue weighted by Gasteiger charge is 2.34. The standard InChI is InChI=1S/C11H18N2O3/c14-10(7-8-3-1-5-12-8)13-6-2-4-9(13)11(15)16/h8-9,12H,1-7H2,(H,15,16). The molecule has 2 atom stereocenters. The van der Waals surface area contributed by atoms with Gasteiger partial charge in [-0.25, -0.2) is 4.79 Å². The molecule has 0 bridgehead atoms. The molecule has 0 radical (unpaired) electrons. The minimum atomic E-state index is -0.870. The molecule has 0 saturated carbocycles. The van der Waals surface area contributed by atoms with E-state index in [0.29, 0.717) is 19.4 Å². The zero-order valence-corrected chi connectivity index (χ0v) is 9.32. The maximum Gasteiger partial charge on any atom is 0.326 e. The van der Waals surface area contributed by atoms with Gasteiger partial charge in [0.05, 0.1) is 0 Å². The number of hydrogen-bond donors (Lipinski definition) is 2. The van der Waals surface area contributed by atoms with Gasteiger partial charge < -0.3 is 15.3 Å². The van der Waals surface area contributed by atoms with Crippen LogP contribution >= 0.6 is 0 Å². The largest absolute Gasteiger partial charge is 0.480 e. The first kappa shape index (κ1) is 11.4. The number of nitrogens with one attached hydrogen (secondary N) is 1. The van der Waals surface area contributed by atoms with Gasteiger partial charge in [-0.2, -0.15) is 0 Å². The Morgan fingerprint density at radius 1 is 1.31 bits per heavy atom. The first-order chi connectivity index (χ1) is 7.68. The van der Waals surface area contributed by atoms with E-state index in [4.69, 9.17) is 5.11 Å². The number of carbonyl (C=O) groups excluding carboxylic acids is 1. The molecule has 90 valence electrons. The Labute approximate surface area is 94.8 Å². The molecule has 1 amide bonds. The summed E-state index contributed by atoms with van der Waals surface area (Å²) in [5.41, 5.74) is 0. The van der Waals surface area contributed by atoms with Gasteiger partial charge in [0, 0.05) is 19.0 Å². The molecular weight excluding hydrogens is 208 g/mol. The van der Waals surface area contributed by atoms with Gasteiger partial charge in [-0.1, -0.05) is 0 Å². The maximum absolute atomic E-state index is 11.9. The van der Waals surface area contributed by atoms with Crippen LogP contribution in [0, 0.1) is 0 Å². The van der Waals surface area contributed by atoms with Gasteiger partial charge in [-0.3, -0.25) is 4.79 Å². The van der Waals surface area contributed by atoms with E-state index >= 15 is 0 Å². The lowest BCUT2D eigenvalue weighted by Crippen LogP contribution is -2.42. The third kappa shape index (κ3) is 2.35. The maximum atomic E-state index is 11.9. The molecule has 2 fully saturated rings. The number of rotatable bonds is 3. The van der Waals surface area contributed by atoms with Crippen molar-refractivity contribution < 1.29 is 14.7 Å². The van der Waals surface area contributed by atoms with Crippen LogP contribution in [0.4, 0.5) is 0 Å². The molecule has 0 aliphatic carbocycles. The Balaban J connectivity index is 1.90. The zero-order chi connectivity index (χ0) is 11.5. The summed E-state index contributed by atoms with van der Waals surface area (Å²) in [5.74, 6) is -0.880. The Morgan fingerprint density at radius 3 is 2.75 bits per heavy atom. The molecule has 2 unspecified atom stereocenters. The van der Waals surface area contributed by atoms with Crippen molar-refractivity contribution in [3.63, 3.8) is 0 Å². The smallest absolute Gasteiger partial charge is 0.326 e. The van der Waals surface area contributed by atoms with Crippen molar-refractivity contribution >= 4 is 11.9 Å². The van der Waals surface area contributed by atoms with Gasteiger partial charge in [0.15, 0.2) is 0 Å². The van der Waals surface area contributed by atoms with Crippen LogP contribution in [0.1, 0.15) is 32.1 Å². The average Bonchev–Trinajstić information content (AvgIpc) is 2.86. The number of carbonyl (C=O) groups is 2. The second-order valence-electron chi connectivity index (χ2n) is 4.58. The van der Waals surface area contributed by atoms with E-state index in [1.807, 2.05) is 0 Å². The van der Waals surface area contributed by atoms with Gasteiger partial charge >= 0.3 is 5.97 Å². The molecule has 2 heterocycles. The second-order valence-corrected chi connectivity index (χ2v) is 4.58. The van der Waals surface area contributed by atoms with E-state index in [1.165, 1.54) is 4.90 Å². The number of amides is 1. The number of likely N-dealkylation sites (tertiary alicyclic amines) is 1. The predicted molar refractivity (Wildman–Crippen MR) is 58.0 cm³/mol. The van der Waals surface area contributed by atoms with E-state index in [9.17, 15) is 9.59 Å². The van der Waals surface area contributed by atoms with E-state index in [1.54, 1.807) is 0 Å². The average molecular weight is 226 g/mol. The Hall–Kier alpha value is -1.10. The summed E-state index contributed by atoms with van der Waals surface area (Å²) in [7, 11) is 0. The first-order valence-electron chi connectivity index (χ1n) is 5.94. The molecule has 2 saturated heterocycles. The van der Waals surface area contributed by atoms with Crippen molar-refractivity contribution in [2.75, 3.05) is 13.1 Å². The minimum absolute atomic E-state index is 0.00991. The molecule has 5 heteroatoms. The number of nitrogens with zero attached hydrogens (tertiary/aromatic N) is 1. The summed E-state index contributed by atoms with van der Waals surface area (Å²) in [4.78, 5) is 24.4. The van der Waals surface area contributed by atoms with Crippen LogP contribution in [-0.4, -0.2) is 47.1 Å². The van der Waals surface area contributed by atoms with Crippen LogP contribution < -0.4 is 5.32 Å². The van der Waals surface area contributed by atoms with Gasteiger partial charge in [0.25, 0.3) is 0 Å². The quantitative estimate of drug-likeness (QED) is 0.721. The van der Waals surface area contributed by atoms with E-state index in [2.05, 4.69) is 5.32 Å². The number of aliphatic carboxylic acids is 1. The molecule has 16 heavy (non-hydrogen) atoms. The normalized spacial score (nSPS) is 29.6. The lowest BCUT2D eigenvalue weighted by atomic mass is 10.1. The van der Waals surface area contributed by atoms with Crippen LogP contribution in [0.25, 0.3) is 0 Å². The molecule has 2 N–H and O–H groups in total. The first-order valence-corrected chi connectivity index (χ1v) is 5.94. The van der Waals surface area contributed by atoms with Crippen molar-refractivity contribution in [2.24, 2.45) is 0 Å². The van der Waals surface area contributed by atoms with Crippen molar-refractivity contribution in [3.8, 4) is 0 Å². The monoisotopic (exact) mass is 226 g/mol. The topological polar surface area (TPSA) is 69.6 Å². The second kappa shape index (κ2) is 4.82. The summed E-state index contributed by atoms with van der Waals surface area (Å²) < 4.78 is 0. The highest BCUT2D eigenvalue weighted by molar-refractivity contribution is 5.84. The highest BCUT2D eigenvalue weighted by atomic mass is 16.4. The molecule has 5 nitrogen and oxygen atoms in total. The lowest BCUT2D eigenvalue weighted by molar-refractivity contribution is -0.148. The summed E-state index contributed by atoms with van der Waals surface area (Å²) in [6.07, 6.45) is 3.99. The van der Waals surface area contributed by atoms with Crippen LogP contribution in [-0.2, 0) is 9.59 Å². The van der Waals surface area contributed by atoms with Crippen molar-refractivity contribution in [1.29, 1.82) is 0 Å². The highest BCUT2D eigenvalue weighted by Crippen LogP contribution is 2.20. The van der Waals surface area contributed by atoms with Crippen molar-refractivity contribution in [2.45, 2.75) is 44.2 Å². The molecule has 0 aromatic heterocycles. The zero-order valence-electron chi connectivity index (χ0n) is 9.32. The summed E-state index contributed by atoms with van der Waals surface area (Å²) in [6, 6.07) is -0.337. The third-order valence-electron chi connectivity index (χ3n) is 3.44. The van der Waals surface area contributed by atoms with E-state index in [0.717, 1.165) is 25.8 Å². The summed E-state index contributed by atoms with van der Waals surface area (Å²) >= 11 is 0. The van der Waals surface area contributed by atoms with Crippen LogP contribution in [0.5, 0.6) is 0 Å². The Kier molecular flexibility index (Phi) is 3.43. The van der Waals surface area contributed by atoms with Gasteiger partial charge in [0.2, 0.25) is 5.91 Å². The van der Waals surface area contributed by atoms with E-state index in [-0.39, 0.29) is 11.9 Å². The number of hydrogen-bond acceptors (Lipinski definition) is 3. The third-order valence-corrected chi connectivity index (χ3v) is 3.44. The molecule has 2 aliphatic rings. The molecule has 0 spiro atoms. The van der Waals surface area contributed by atoms with Gasteiger partial charge in [-0.05, 0) is 32.2 Å². The van der Waals surface area contributed by atoms with Gasteiger partial charge in [-0.15, -0.1) is 0 Å². The van der Waals surface area contributed by atoms with Crippen molar-refractivity contribution in [1.82, 2.24) is 10.2 Å². The fourth-order valence-electron chi connectivity index (χ4n) is 2.58. The SMILES string of the molecule is O=C(O)C1CCCN1C(=O)CC1CCCN1. The Morgan fingerprint density at radius 2 is 2.12 bits per heavy atom. The summed E-state index contributed by atoms with van der Waals surface area (Å²) in [5, 5.41) is 12.2.